The van der Waals surface area contributed by atoms with Crippen LogP contribution < -0.4 is 10.5 Å². The van der Waals surface area contributed by atoms with Gasteiger partial charge in [-0.05, 0) is 25.5 Å². The maximum Gasteiger partial charge on any atom is 0.123 e. The van der Waals surface area contributed by atoms with E-state index in [1.165, 1.54) is 5.56 Å². The Morgan fingerprint density at radius 2 is 2.13 bits per heavy atom. The van der Waals surface area contributed by atoms with Gasteiger partial charge in [-0.15, -0.1) is 0 Å². The summed E-state index contributed by atoms with van der Waals surface area (Å²) in [7, 11) is 1.66. The molecule has 0 saturated carbocycles. The van der Waals surface area contributed by atoms with E-state index in [0.29, 0.717) is 13.2 Å². The summed E-state index contributed by atoms with van der Waals surface area (Å²) in [5, 5.41) is 0. The van der Waals surface area contributed by atoms with Gasteiger partial charge in [0.05, 0.1) is 19.8 Å². The lowest BCUT2D eigenvalue weighted by Crippen LogP contribution is -2.18. The number of ether oxygens (including phenoxy) is 2. The molecule has 0 fully saturated rings. The van der Waals surface area contributed by atoms with Gasteiger partial charge in [-0.3, -0.25) is 0 Å². The summed E-state index contributed by atoms with van der Waals surface area (Å²) in [5.74, 6) is 0.835. The number of rotatable bonds is 5. The molecular formula is C12H19NO2. The van der Waals surface area contributed by atoms with Crippen molar-refractivity contribution in [1.82, 2.24) is 0 Å². The second kappa shape index (κ2) is 5.73. The van der Waals surface area contributed by atoms with E-state index in [-0.39, 0.29) is 6.04 Å². The van der Waals surface area contributed by atoms with Gasteiger partial charge in [0.15, 0.2) is 0 Å². The molecule has 15 heavy (non-hydrogen) atoms. The van der Waals surface area contributed by atoms with Crippen LogP contribution in [-0.2, 0) is 4.74 Å². The van der Waals surface area contributed by atoms with E-state index in [1.807, 2.05) is 32.0 Å². The molecule has 0 aliphatic rings. The van der Waals surface area contributed by atoms with Gasteiger partial charge in [-0.2, -0.15) is 0 Å². The Labute approximate surface area is 91.2 Å². The average molecular weight is 209 g/mol. The Morgan fingerprint density at radius 3 is 2.73 bits per heavy atom. The summed E-state index contributed by atoms with van der Waals surface area (Å²) >= 11 is 0. The Hall–Kier alpha value is -1.06. The minimum Gasteiger partial charge on any atom is -0.496 e. The highest BCUT2D eigenvalue weighted by atomic mass is 16.5. The highest BCUT2D eigenvalue weighted by Gasteiger charge is 2.11. The number of benzene rings is 1. The van der Waals surface area contributed by atoms with Crippen molar-refractivity contribution < 1.29 is 9.47 Å². The molecule has 0 spiro atoms. The van der Waals surface area contributed by atoms with E-state index < -0.39 is 0 Å². The summed E-state index contributed by atoms with van der Waals surface area (Å²) < 4.78 is 10.6. The van der Waals surface area contributed by atoms with E-state index in [2.05, 4.69) is 0 Å². The Morgan fingerprint density at radius 1 is 1.40 bits per heavy atom. The van der Waals surface area contributed by atoms with Crippen LogP contribution in [0.15, 0.2) is 18.2 Å². The summed E-state index contributed by atoms with van der Waals surface area (Å²) in [6.45, 7) is 5.19. The monoisotopic (exact) mass is 209 g/mol. The molecule has 1 atom stereocenters. The maximum atomic E-state index is 6.00. The standard InChI is InChI=1S/C12H19NO2/c1-4-15-8-11(13)10-6-5-9(2)7-12(10)14-3/h5-7,11H,4,8,13H2,1-3H3. The normalized spacial score (nSPS) is 12.5. The van der Waals surface area contributed by atoms with Gasteiger partial charge in [-0.1, -0.05) is 12.1 Å². The third-order valence-corrected chi connectivity index (χ3v) is 2.29. The summed E-state index contributed by atoms with van der Waals surface area (Å²) in [5.41, 5.74) is 8.17. The number of hydrogen-bond acceptors (Lipinski definition) is 3. The SMILES string of the molecule is CCOCC(N)c1ccc(C)cc1OC. The van der Waals surface area contributed by atoms with Gasteiger partial charge in [-0.25, -0.2) is 0 Å². The number of aryl methyl sites for hydroxylation is 1. The van der Waals surface area contributed by atoms with E-state index in [1.54, 1.807) is 7.11 Å². The van der Waals surface area contributed by atoms with E-state index in [0.717, 1.165) is 11.3 Å². The molecule has 0 saturated heterocycles. The summed E-state index contributed by atoms with van der Waals surface area (Å²) in [6, 6.07) is 5.89. The van der Waals surface area contributed by atoms with Gasteiger partial charge in [0.2, 0.25) is 0 Å². The van der Waals surface area contributed by atoms with Gasteiger partial charge in [0.25, 0.3) is 0 Å². The first-order valence-corrected chi connectivity index (χ1v) is 5.17. The van der Waals surface area contributed by atoms with Crippen molar-refractivity contribution >= 4 is 0 Å². The third-order valence-electron chi connectivity index (χ3n) is 2.29. The lowest BCUT2D eigenvalue weighted by atomic mass is 10.1. The summed E-state index contributed by atoms with van der Waals surface area (Å²) in [6.07, 6.45) is 0. The van der Waals surface area contributed by atoms with E-state index in [4.69, 9.17) is 15.2 Å². The van der Waals surface area contributed by atoms with Crippen LogP contribution in [0, 0.1) is 6.92 Å². The highest BCUT2D eigenvalue weighted by molar-refractivity contribution is 5.39. The zero-order valence-electron chi connectivity index (χ0n) is 9.62. The first-order valence-electron chi connectivity index (χ1n) is 5.17. The second-order valence-electron chi connectivity index (χ2n) is 3.51. The molecule has 3 heteroatoms. The molecule has 2 N–H and O–H groups in total. The molecule has 84 valence electrons. The molecule has 0 aliphatic heterocycles. The van der Waals surface area contributed by atoms with E-state index >= 15 is 0 Å². The predicted molar refractivity (Wildman–Crippen MR) is 61.2 cm³/mol. The van der Waals surface area contributed by atoms with Crippen LogP contribution in [0.2, 0.25) is 0 Å². The minimum absolute atomic E-state index is 0.125. The zero-order valence-corrected chi connectivity index (χ0v) is 9.62. The van der Waals surface area contributed by atoms with Gasteiger partial charge in [0.1, 0.15) is 5.75 Å². The number of nitrogens with two attached hydrogens (primary N) is 1. The second-order valence-corrected chi connectivity index (χ2v) is 3.51. The van der Waals surface area contributed by atoms with Crippen molar-refractivity contribution in [3.63, 3.8) is 0 Å². The van der Waals surface area contributed by atoms with Crippen LogP contribution in [0.25, 0.3) is 0 Å². The van der Waals surface area contributed by atoms with Crippen LogP contribution in [0.3, 0.4) is 0 Å². The Bertz CT molecular complexity index is 312. The predicted octanol–water partition coefficient (Wildman–Crippen LogP) is 2.04. The van der Waals surface area contributed by atoms with Crippen LogP contribution in [0.4, 0.5) is 0 Å². The van der Waals surface area contributed by atoms with E-state index in [9.17, 15) is 0 Å². The molecule has 0 amide bonds. The van der Waals surface area contributed by atoms with Crippen LogP contribution in [0.5, 0.6) is 5.75 Å². The lowest BCUT2D eigenvalue weighted by molar-refractivity contribution is 0.132. The first kappa shape index (κ1) is 12.0. The molecule has 1 aromatic carbocycles. The van der Waals surface area contributed by atoms with Gasteiger partial charge >= 0.3 is 0 Å². The molecule has 0 aromatic heterocycles. The molecule has 0 bridgehead atoms. The minimum atomic E-state index is -0.125. The molecule has 1 unspecified atom stereocenters. The average Bonchev–Trinajstić information content (AvgIpc) is 2.25. The molecule has 3 nitrogen and oxygen atoms in total. The smallest absolute Gasteiger partial charge is 0.123 e. The van der Waals surface area contributed by atoms with Crippen molar-refractivity contribution in [3.05, 3.63) is 29.3 Å². The van der Waals surface area contributed by atoms with Crippen LogP contribution in [0.1, 0.15) is 24.1 Å². The molecule has 0 radical (unpaired) electrons. The fourth-order valence-corrected chi connectivity index (χ4v) is 1.46. The fraction of sp³-hybridized carbons (Fsp3) is 0.500. The van der Waals surface area contributed by atoms with Gasteiger partial charge < -0.3 is 15.2 Å². The number of hydrogen-bond donors (Lipinski definition) is 1. The lowest BCUT2D eigenvalue weighted by Gasteiger charge is -2.15. The first-order chi connectivity index (χ1) is 7.19. The van der Waals surface area contributed by atoms with Crippen molar-refractivity contribution in [2.24, 2.45) is 5.73 Å². The van der Waals surface area contributed by atoms with Crippen LogP contribution >= 0.6 is 0 Å². The van der Waals surface area contributed by atoms with Crippen molar-refractivity contribution in [2.45, 2.75) is 19.9 Å². The Balaban J connectivity index is 2.82. The quantitative estimate of drug-likeness (QED) is 0.807. The molecule has 0 aliphatic carbocycles. The zero-order chi connectivity index (χ0) is 11.3. The molecule has 1 rings (SSSR count). The molecule has 0 heterocycles. The third kappa shape index (κ3) is 3.22. The van der Waals surface area contributed by atoms with Crippen molar-refractivity contribution in [1.29, 1.82) is 0 Å². The summed E-state index contributed by atoms with van der Waals surface area (Å²) in [4.78, 5) is 0. The Kier molecular flexibility index (Phi) is 4.59. The fourth-order valence-electron chi connectivity index (χ4n) is 1.46. The molecule has 1 aromatic rings. The topological polar surface area (TPSA) is 44.5 Å². The van der Waals surface area contributed by atoms with Crippen molar-refractivity contribution in [2.75, 3.05) is 20.3 Å². The highest BCUT2D eigenvalue weighted by Crippen LogP contribution is 2.25. The largest absolute Gasteiger partial charge is 0.496 e. The molecular weight excluding hydrogens is 190 g/mol. The maximum absolute atomic E-state index is 6.00. The van der Waals surface area contributed by atoms with Crippen LogP contribution in [-0.4, -0.2) is 20.3 Å². The van der Waals surface area contributed by atoms with Crippen molar-refractivity contribution in [3.8, 4) is 5.75 Å². The van der Waals surface area contributed by atoms with Gasteiger partial charge in [0, 0.05) is 12.2 Å². The number of methoxy groups -OCH3 is 1.